The van der Waals surface area contributed by atoms with E-state index >= 15 is 0 Å². The van der Waals surface area contributed by atoms with Crippen molar-refractivity contribution in [2.75, 3.05) is 50.9 Å². The molecule has 1 amide bonds. The number of rotatable bonds is 7. The SMILES string of the molecule is COc1ccc(NC(=O)CN2CCC3(CC2)CN(S(=O)(=O)CC(C)C)CC(C)(C)C3)cc1Cl. The van der Waals surface area contributed by atoms with Crippen LogP contribution in [0.25, 0.3) is 0 Å². The Morgan fingerprint density at radius 3 is 2.45 bits per heavy atom. The molecule has 2 aliphatic rings. The van der Waals surface area contributed by atoms with Crippen LogP contribution in [0, 0.1) is 16.7 Å². The fourth-order valence-electron chi connectivity index (χ4n) is 5.43. The molecular weight excluding hydrogens is 462 g/mol. The molecule has 33 heavy (non-hydrogen) atoms. The number of anilines is 1. The summed E-state index contributed by atoms with van der Waals surface area (Å²) in [5.74, 6) is 0.783. The van der Waals surface area contributed by atoms with Gasteiger partial charge in [0.2, 0.25) is 15.9 Å². The molecule has 7 nitrogen and oxygen atoms in total. The van der Waals surface area contributed by atoms with Crippen molar-refractivity contribution >= 4 is 33.2 Å². The molecule has 0 unspecified atom stereocenters. The van der Waals surface area contributed by atoms with Crippen LogP contribution in [-0.4, -0.2) is 69.1 Å². The first-order valence-electron chi connectivity index (χ1n) is 11.7. The fourth-order valence-corrected chi connectivity index (χ4v) is 7.75. The quantitative estimate of drug-likeness (QED) is 0.611. The van der Waals surface area contributed by atoms with Crippen LogP contribution in [0.1, 0.15) is 47.0 Å². The lowest BCUT2D eigenvalue weighted by Crippen LogP contribution is -2.56. The third kappa shape index (κ3) is 6.84. The highest BCUT2D eigenvalue weighted by atomic mass is 35.5. The van der Waals surface area contributed by atoms with E-state index in [4.69, 9.17) is 16.3 Å². The van der Waals surface area contributed by atoms with E-state index in [0.29, 0.717) is 36.1 Å². The lowest BCUT2D eigenvalue weighted by atomic mass is 9.65. The van der Waals surface area contributed by atoms with E-state index in [-0.39, 0.29) is 28.4 Å². The molecule has 1 N–H and O–H groups in total. The third-order valence-electron chi connectivity index (χ3n) is 6.63. The number of halogens is 1. The van der Waals surface area contributed by atoms with Crippen LogP contribution in [0.3, 0.4) is 0 Å². The van der Waals surface area contributed by atoms with Gasteiger partial charge in [0.05, 0.1) is 24.4 Å². The predicted molar refractivity (Wildman–Crippen MR) is 133 cm³/mol. The monoisotopic (exact) mass is 499 g/mol. The maximum Gasteiger partial charge on any atom is 0.238 e. The zero-order valence-electron chi connectivity index (χ0n) is 20.5. The molecule has 0 saturated carbocycles. The normalized spacial score (nSPS) is 21.3. The van der Waals surface area contributed by atoms with Gasteiger partial charge in [-0.2, -0.15) is 0 Å². The van der Waals surface area contributed by atoms with E-state index < -0.39 is 10.0 Å². The van der Waals surface area contributed by atoms with Gasteiger partial charge in [-0.25, -0.2) is 12.7 Å². The van der Waals surface area contributed by atoms with Crippen molar-refractivity contribution in [3.8, 4) is 5.75 Å². The van der Waals surface area contributed by atoms with Crippen molar-refractivity contribution in [1.82, 2.24) is 9.21 Å². The molecule has 1 spiro atoms. The zero-order valence-corrected chi connectivity index (χ0v) is 22.1. The van der Waals surface area contributed by atoms with E-state index in [1.165, 1.54) is 0 Å². The summed E-state index contributed by atoms with van der Waals surface area (Å²) < 4.78 is 32.9. The Hall–Kier alpha value is -1.35. The van der Waals surface area contributed by atoms with Crippen molar-refractivity contribution in [2.24, 2.45) is 16.7 Å². The highest BCUT2D eigenvalue weighted by molar-refractivity contribution is 7.89. The topological polar surface area (TPSA) is 79.0 Å². The number of hydrogen-bond donors (Lipinski definition) is 1. The number of methoxy groups -OCH3 is 1. The van der Waals surface area contributed by atoms with Gasteiger partial charge < -0.3 is 10.1 Å². The van der Waals surface area contributed by atoms with Crippen molar-refractivity contribution < 1.29 is 17.9 Å². The second-order valence-corrected chi connectivity index (χ2v) is 13.4. The molecule has 2 heterocycles. The Labute approximate surface area is 203 Å². The van der Waals surface area contributed by atoms with Gasteiger partial charge in [0.15, 0.2) is 0 Å². The van der Waals surface area contributed by atoms with E-state index in [2.05, 4.69) is 24.1 Å². The van der Waals surface area contributed by atoms with E-state index in [1.807, 2.05) is 13.8 Å². The number of ether oxygens (including phenoxy) is 1. The van der Waals surface area contributed by atoms with Crippen molar-refractivity contribution in [3.63, 3.8) is 0 Å². The Morgan fingerprint density at radius 2 is 1.88 bits per heavy atom. The number of hydrogen-bond acceptors (Lipinski definition) is 5. The van der Waals surface area contributed by atoms with Gasteiger partial charge in [-0.05, 0) is 67.3 Å². The summed E-state index contributed by atoms with van der Waals surface area (Å²) >= 11 is 6.15. The minimum atomic E-state index is -3.27. The van der Waals surface area contributed by atoms with Crippen LogP contribution in [0.4, 0.5) is 5.69 Å². The molecule has 2 fully saturated rings. The second kappa shape index (κ2) is 10.1. The number of benzene rings is 1. The molecular formula is C24H38ClN3O4S. The number of carbonyl (C=O) groups is 1. The highest BCUT2D eigenvalue weighted by Gasteiger charge is 2.47. The Kier molecular flexibility index (Phi) is 8.04. The molecule has 1 aromatic rings. The average molecular weight is 500 g/mol. The summed E-state index contributed by atoms with van der Waals surface area (Å²) in [5, 5.41) is 3.35. The van der Waals surface area contributed by atoms with E-state index in [0.717, 1.165) is 32.4 Å². The molecule has 2 aliphatic heterocycles. The number of sulfonamides is 1. The molecule has 3 rings (SSSR count). The van der Waals surface area contributed by atoms with Gasteiger partial charge in [-0.1, -0.05) is 39.3 Å². The Balaban J connectivity index is 1.59. The number of nitrogens with zero attached hydrogens (tertiary/aromatic N) is 2. The van der Waals surface area contributed by atoms with Crippen LogP contribution in [-0.2, 0) is 14.8 Å². The van der Waals surface area contributed by atoms with Gasteiger partial charge in [-0.3, -0.25) is 9.69 Å². The van der Waals surface area contributed by atoms with E-state index in [9.17, 15) is 13.2 Å². The number of amides is 1. The van der Waals surface area contributed by atoms with E-state index in [1.54, 1.807) is 29.6 Å². The molecule has 1 aromatic carbocycles. The van der Waals surface area contributed by atoms with Crippen molar-refractivity contribution in [3.05, 3.63) is 23.2 Å². The van der Waals surface area contributed by atoms with Crippen LogP contribution in [0.15, 0.2) is 18.2 Å². The number of piperidine rings is 2. The molecule has 9 heteroatoms. The summed E-state index contributed by atoms with van der Waals surface area (Å²) in [6.45, 7) is 11.3. The smallest absolute Gasteiger partial charge is 0.238 e. The fraction of sp³-hybridized carbons (Fsp3) is 0.708. The molecule has 0 radical (unpaired) electrons. The number of nitrogens with one attached hydrogen (secondary N) is 1. The van der Waals surface area contributed by atoms with Gasteiger partial charge in [0, 0.05) is 18.8 Å². The maximum atomic E-state index is 13.0. The molecule has 0 aliphatic carbocycles. The lowest BCUT2D eigenvalue weighted by Gasteiger charge is -2.52. The second-order valence-electron chi connectivity index (χ2n) is 11.0. The maximum absolute atomic E-state index is 13.0. The van der Waals surface area contributed by atoms with Crippen molar-refractivity contribution in [1.29, 1.82) is 0 Å². The third-order valence-corrected chi connectivity index (χ3v) is 9.05. The summed E-state index contributed by atoms with van der Waals surface area (Å²) in [6.07, 6.45) is 2.80. The van der Waals surface area contributed by atoms with Gasteiger partial charge in [0.25, 0.3) is 0 Å². The summed E-state index contributed by atoms with van der Waals surface area (Å²) in [7, 11) is -1.72. The molecule has 0 bridgehead atoms. The zero-order chi connectivity index (χ0) is 24.4. The first kappa shape index (κ1) is 26.3. The molecule has 2 saturated heterocycles. The van der Waals surface area contributed by atoms with Gasteiger partial charge >= 0.3 is 0 Å². The minimum Gasteiger partial charge on any atom is -0.495 e. The average Bonchev–Trinajstić information content (AvgIpc) is 2.68. The first-order valence-corrected chi connectivity index (χ1v) is 13.7. The van der Waals surface area contributed by atoms with Crippen molar-refractivity contribution in [2.45, 2.75) is 47.0 Å². The van der Waals surface area contributed by atoms with Crippen LogP contribution < -0.4 is 10.1 Å². The molecule has 0 atom stereocenters. The van der Waals surface area contributed by atoms with Gasteiger partial charge in [0.1, 0.15) is 5.75 Å². The van der Waals surface area contributed by atoms with Crippen LogP contribution in [0.2, 0.25) is 5.02 Å². The molecule has 0 aromatic heterocycles. The van der Waals surface area contributed by atoms with Gasteiger partial charge in [-0.15, -0.1) is 0 Å². The predicted octanol–water partition coefficient (Wildman–Crippen LogP) is 4.09. The highest BCUT2D eigenvalue weighted by Crippen LogP contribution is 2.47. The Bertz CT molecular complexity index is 956. The number of carbonyl (C=O) groups excluding carboxylic acids is 1. The first-order chi connectivity index (χ1) is 15.3. The summed E-state index contributed by atoms with van der Waals surface area (Å²) in [6, 6.07) is 5.18. The standard InChI is InChI=1S/C24H38ClN3O4S/c1-18(2)14-33(30,31)28-16-23(3,4)15-24(17-28)8-10-27(11-9-24)13-22(29)26-19-6-7-21(32-5)20(25)12-19/h6-7,12,18H,8-11,13-17H2,1-5H3,(H,26,29). The summed E-state index contributed by atoms with van der Waals surface area (Å²) in [4.78, 5) is 14.7. The lowest BCUT2D eigenvalue weighted by molar-refractivity contribution is -0.118. The molecule has 186 valence electrons. The Morgan fingerprint density at radius 1 is 1.21 bits per heavy atom. The summed E-state index contributed by atoms with van der Waals surface area (Å²) in [5.41, 5.74) is 0.553. The number of likely N-dealkylation sites (tertiary alicyclic amines) is 1. The largest absolute Gasteiger partial charge is 0.495 e. The minimum absolute atomic E-state index is 0.0255. The van der Waals surface area contributed by atoms with Crippen LogP contribution >= 0.6 is 11.6 Å². The van der Waals surface area contributed by atoms with Crippen LogP contribution in [0.5, 0.6) is 5.75 Å².